The third-order valence-corrected chi connectivity index (χ3v) is 3.20. The van der Waals surface area contributed by atoms with E-state index in [9.17, 15) is 5.11 Å². The Bertz CT molecular complexity index is 320. The minimum atomic E-state index is -0.205. The Morgan fingerprint density at radius 2 is 2.20 bits per heavy atom. The van der Waals surface area contributed by atoms with Gasteiger partial charge in [0.15, 0.2) is 0 Å². The van der Waals surface area contributed by atoms with E-state index >= 15 is 0 Å². The second-order valence-corrected chi connectivity index (χ2v) is 4.95. The van der Waals surface area contributed by atoms with Gasteiger partial charge in [-0.15, -0.1) is 0 Å². The standard InChI is InChI=1S/C13H17ClO/c14-12-3-1-2-11(8-12)9-13(15)7-6-10-4-5-10/h1-3,8,10,13,15H,4-7,9H2. The van der Waals surface area contributed by atoms with Crippen molar-refractivity contribution >= 4 is 11.6 Å². The molecule has 1 fully saturated rings. The van der Waals surface area contributed by atoms with Crippen LogP contribution >= 0.6 is 11.6 Å². The number of aliphatic hydroxyl groups excluding tert-OH is 1. The van der Waals surface area contributed by atoms with Crippen molar-refractivity contribution in [1.29, 1.82) is 0 Å². The average Bonchev–Trinajstić information content (AvgIpc) is 2.98. The molecule has 1 aromatic rings. The highest BCUT2D eigenvalue weighted by Gasteiger charge is 2.21. The highest BCUT2D eigenvalue weighted by atomic mass is 35.5. The smallest absolute Gasteiger partial charge is 0.0580 e. The van der Waals surface area contributed by atoms with Crippen LogP contribution in [0.4, 0.5) is 0 Å². The molecule has 1 aliphatic carbocycles. The van der Waals surface area contributed by atoms with Crippen LogP contribution in [0.1, 0.15) is 31.2 Å². The van der Waals surface area contributed by atoms with Gasteiger partial charge in [-0.25, -0.2) is 0 Å². The molecular weight excluding hydrogens is 208 g/mol. The Labute approximate surface area is 96.1 Å². The molecule has 0 aromatic heterocycles. The van der Waals surface area contributed by atoms with Crippen LogP contribution in [0.15, 0.2) is 24.3 Å². The number of rotatable bonds is 5. The molecule has 0 heterocycles. The summed E-state index contributed by atoms with van der Waals surface area (Å²) in [5.74, 6) is 0.902. The van der Waals surface area contributed by atoms with Crippen molar-refractivity contribution in [3.63, 3.8) is 0 Å². The summed E-state index contributed by atoms with van der Waals surface area (Å²) < 4.78 is 0. The van der Waals surface area contributed by atoms with Crippen LogP contribution in [-0.2, 0) is 6.42 Å². The minimum absolute atomic E-state index is 0.205. The maximum Gasteiger partial charge on any atom is 0.0580 e. The molecule has 0 radical (unpaired) electrons. The Kier molecular flexibility index (Phi) is 3.66. The third-order valence-electron chi connectivity index (χ3n) is 2.97. The normalized spacial score (nSPS) is 17.7. The van der Waals surface area contributed by atoms with E-state index in [1.165, 1.54) is 19.3 Å². The lowest BCUT2D eigenvalue weighted by Gasteiger charge is -2.10. The second-order valence-electron chi connectivity index (χ2n) is 4.51. The van der Waals surface area contributed by atoms with Gasteiger partial charge < -0.3 is 5.11 Å². The summed E-state index contributed by atoms with van der Waals surface area (Å²) in [5, 5.41) is 10.6. The molecule has 0 aliphatic heterocycles. The van der Waals surface area contributed by atoms with Gasteiger partial charge in [0, 0.05) is 5.02 Å². The number of benzene rings is 1. The molecule has 1 unspecified atom stereocenters. The zero-order valence-electron chi connectivity index (χ0n) is 8.82. The molecule has 1 N–H and O–H groups in total. The van der Waals surface area contributed by atoms with Crippen molar-refractivity contribution in [3.8, 4) is 0 Å². The molecule has 0 amide bonds. The molecule has 0 spiro atoms. The Morgan fingerprint density at radius 3 is 2.87 bits per heavy atom. The predicted octanol–water partition coefficient (Wildman–Crippen LogP) is 3.43. The monoisotopic (exact) mass is 224 g/mol. The minimum Gasteiger partial charge on any atom is -0.393 e. The van der Waals surface area contributed by atoms with Crippen LogP contribution in [0.5, 0.6) is 0 Å². The number of hydrogen-bond acceptors (Lipinski definition) is 1. The summed E-state index contributed by atoms with van der Waals surface area (Å²) in [6, 6.07) is 7.75. The van der Waals surface area contributed by atoms with Crippen LogP contribution in [0.3, 0.4) is 0 Å². The fourth-order valence-electron chi connectivity index (χ4n) is 1.87. The molecule has 2 rings (SSSR count). The van der Waals surface area contributed by atoms with Gasteiger partial charge in [-0.05, 0) is 42.9 Å². The summed E-state index contributed by atoms with van der Waals surface area (Å²) in [6.07, 6.45) is 5.36. The van der Waals surface area contributed by atoms with Crippen LogP contribution in [0.25, 0.3) is 0 Å². The topological polar surface area (TPSA) is 20.2 Å². The van der Waals surface area contributed by atoms with Crippen molar-refractivity contribution < 1.29 is 5.11 Å². The lowest BCUT2D eigenvalue weighted by Crippen LogP contribution is -2.10. The van der Waals surface area contributed by atoms with Crippen molar-refractivity contribution in [1.82, 2.24) is 0 Å². The van der Waals surface area contributed by atoms with Gasteiger partial charge in [-0.3, -0.25) is 0 Å². The van der Waals surface area contributed by atoms with Gasteiger partial charge in [0.05, 0.1) is 6.10 Å². The van der Waals surface area contributed by atoms with Gasteiger partial charge in [0.1, 0.15) is 0 Å². The fraction of sp³-hybridized carbons (Fsp3) is 0.538. The van der Waals surface area contributed by atoms with Crippen LogP contribution in [0.2, 0.25) is 5.02 Å². The fourth-order valence-corrected chi connectivity index (χ4v) is 2.09. The van der Waals surface area contributed by atoms with E-state index in [0.717, 1.165) is 29.3 Å². The van der Waals surface area contributed by atoms with Gasteiger partial charge in [-0.1, -0.05) is 36.6 Å². The Balaban J connectivity index is 1.79. The first-order valence-corrected chi connectivity index (χ1v) is 6.04. The molecule has 1 aliphatic rings. The summed E-state index contributed by atoms with van der Waals surface area (Å²) >= 11 is 5.88. The molecular formula is C13H17ClO. The van der Waals surface area contributed by atoms with Crippen molar-refractivity contribution in [3.05, 3.63) is 34.9 Å². The summed E-state index contributed by atoms with van der Waals surface area (Å²) in [5.41, 5.74) is 1.13. The van der Waals surface area contributed by atoms with Crippen LogP contribution in [0, 0.1) is 5.92 Å². The zero-order chi connectivity index (χ0) is 10.7. The number of hydrogen-bond donors (Lipinski definition) is 1. The number of halogens is 1. The zero-order valence-corrected chi connectivity index (χ0v) is 9.58. The van der Waals surface area contributed by atoms with Crippen LogP contribution in [-0.4, -0.2) is 11.2 Å². The van der Waals surface area contributed by atoms with E-state index in [1.54, 1.807) is 0 Å². The van der Waals surface area contributed by atoms with Gasteiger partial charge in [0.2, 0.25) is 0 Å². The average molecular weight is 225 g/mol. The van der Waals surface area contributed by atoms with Crippen molar-refractivity contribution in [2.45, 2.75) is 38.2 Å². The maximum absolute atomic E-state index is 9.83. The van der Waals surface area contributed by atoms with E-state index in [4.69, 9.17) is 11.6 Å². The molecule has 15 heavy (non-hydrogen) atoms. The molecule has 2 heteroatoms. The van der Waals surface area contributed by atoms with Gasteiger partial charge >= 0.3 is 0 Å². The van der Waals surface area contributed by atoms with Gasteiger partial charge in [0.25, 0.3) is 0 Å². The van der Waals surface area contributed by atoms with Crippen LogP contribution < -0.4 is 0 Å². The molecule has 1 nitrogen and oxygen atoms in total. The molecule has 0 saturated heterocycles. The summed E-state index contributed by atoms with van der Waals surface area (Å²) in [7, 11) is 0. The molecule has 1 aromatic carbocycles. The SMILES string of the molecule is OC(CCC1CC1)Cc1cccc(Cl)c1. The van der Waals surface area contributed by atoms with E-state index in [1.807, 2.05) is 24.3 Å². The first-order chi connectivity index (χ1) is 7.24. The predicted molar refractivity (Wildman–Crippen MR) is 63.1 cm³/mol. The highest BCUT2D eigenvalue weighted by molar-refractivity contribution is 6.30. The second kappa shape index (κ2) is 5.00. The molecule has 1 atom stereocenters. The lowest BCUT2D eigenvalue weighted by atomic mass is 10.0. The Morgan fingerprint density at radius 1 is 1.40 bits per heavy atom. The first-order valence-electron chi connectivity index (χ1n) is 5.66. The van der Waals surface area contributed by atoms with Crippen molar-refractivity contribution in [2.24, 2.45) is 5.92 Å². The molecule has 0 bridgehead atoms. The third kappa shape index (κ3) is 3.84. The highest BCUT2D eigenvalue weighted by Crippen LogP contribution is 2.34. The van der Waals surface area contributed by atoms with E-state index in [-0.39, 0.29) is 6.10 Å². The Hall–Kier alpha value is -0.530. The number of aliphatic hydroxyl groups is 1. The summed E-state index contributed by atoms with van der Waals surface area (Å²) in [6.45, 7) is 0. The summed E-state index contributed by atoms with van der Waals surface area (Å²) in [4.78, 5) is 0. The van der Waals surface area contributed by atoms with Gasteiger partial charge in [-0.2, -0.15) is 0 Å². The lowest BCUT2D eigenvalue weighted by molar-refractivity contribution is 0.160. The first kappa shape index (κ1) is 11.0. The molecule has 82 valence electrons. The quantitative estimate of drug-likeness (QED) is 0.813. The largest absolute Gasteiger partial charge is 0.393 e. The van der Waals surface area contributed by atoms with E-state index < -0.39 is 0 Å². The molecule has 1 saturated carbocycles. The van der Waals surface area contributed by atoms with E-state index in [0.29, 0.717) is 0 Å². The maximum atomic E-state index is 9.83. The van der Waals surface area contributed by atoms with Crippen molar-refractivity contribution in [2.75, 3.05) is 0 Å². The van der Waals surface area contributed by atoms with E-state index in [2.05, 4.69) is 0 Å².